The Balaban J connectivity index is 1.56. The van der Waals surface area contributed by atoms with Gasteiger partial charge >= 0.3 is 5.97 Å². The summed E-state index contributed by atoms with van der Waals surface area (Å²) in [6.45, 7) is 3.34. The molecule has 0 spiro atoms. The molecule has 0 N–H and O–H groups in total. The molecule has 0 saturated heterocycles. The summed E-state index contributed by atoms with van der Waals surface area (Å²) < 4.78 is 6.51. The maximum Gasteiger partial charge on any atom is 0.338 e. The Morgan fingerprint density at radius 1 is 1.06 bits per heavy atom. The average Bonchev–Trinajstić information content (AvgIpc) is 3.44. The normalized spacial score (nSPS) is 29.5. The van der Waals surface area contributed by atoms with Crippen molar-refractivity contribution in [3.8, 4) is 0 Å². The van der Waals surface area contributed by atoms with Crippen LogP contribution < -0.4 is 4.90 Å². The van der Waals surface area contributed by atoms with Crippen molar-refractivity contribution in [2.45, 2.75) is 37.6 Å². The molecule has 5 atom stereocenters. The number of esters is 1. The van der Waals surface area contributed by atoms with Crippen LogP contribution in [0.1, 0.15) is 64.7 Å². The molecule has 0 bridgehead atoms. The van der Waals surface area contributed by atoms with Crippen molar-refractivity contribution in [3.63, 3.8) is 0 Å². The molecule has 31 heavy (non-hydrogen) atoms. The minimum absolute atomic E-state index is 0.203. The first-order chi connectivity index (χ1) is 15.2. The zero-order valence-corrected chi connectivity index (χ0v) is 19.2. The van der Waals surface area contributed by atoms with E-state index in [1.807, 2.05) is 6.92 Å². The number of carbonyl (C=O) groups excluding carboxylic acids is 1. The van der Waals surface area contributed by atoms with Crippen LogP contribution in [0.5, 0.6) is 0 Å². The van der Waals surface area contributed by atoms with Crippen molar-refractivity contribution in [1.29, 1.82) is 0 Å². The summed E-state index contributed by atoms with van der Waals surface area (Å²) in [5, 5.41) is 0. The first kappa shape index (κ1) is 19.4. The van der Waals surface area contributed by atoms with E-state index in [0.717, 1.165) is 23.9 Å². The van der Waals surface area contributed by atoms with Gasteiger partial charge in [0.15, 0.2) is 0 Å². The van der Waals surface area contributed by atoms with Crippen LogP contribution >= 0.6 is 15.9 Å². The van der Waals surface area contributed by atoms with E-state index >= 15 is 0 Å². The van der Waals surface area contributed by atoms with Gasteiger partial charge in [0.2, 0.25) is 0 Å². The van der Waals surface area contributed by atoms with Crippen LogP contribution in [0, 0.1) is 11.8 Å². The third-order valence-electron chi connectivity index (χ3n) is 7.57. The minimum Gasteiger partial charge on any atom is -0.462 e. The summed E-state index contributed by atoms with van der Waals surface area (Å²) in [6.07, 6.45) is 11.6. The lowest BCUT2D eigenvalue weighted by atomic mass is 9.70. The third kappa shape index (κ3) is 2.95. The highest BCUT2D eigenvalue weighted by Gasteiger charge is 2.48. The van der Waals surface area contributed by atoms with Gasteiger partial charge in [-0.2, -0.15) is 0 Å². The summed E-state index contributed by atoms with van der Waals surface area (Å²) in [5.74, 6) is 1.60. The molecule has 0 aromatic heterocycles. The standard InChI is InChI=1S/C27H26BrNO2/c1-2-31-27(30)18-13-23-20-6-3-5-17(20)15-29-25(16-9-11-19(28)12-10-16)22-8-4-7-21(22)24(14-18)26(23)29/h3-4,6-7,9-14,17,20-22,25H,2,5,8,15H2,1H3/t17-,20-,21+,22-,25+/m1/s1. The molecule has 0 amide bonds. The second-order valence-electron chi connectivity index (χ2n) is 9.18. The molecule has 2 aliphatic carbocycles. The second-order valence-corrected chi connectivity index (χ2v) is 10.1. The van der Waals surface area contributed by atoms with Crippen LogP contribution in [0.25, 0.3) is 0 Å². The lowest BCUT2D eigenvalue weighted by molar-refractivity contribution is 0.0526. The van der Waals surface area contributed by atoms with Gasteiger partial charge in [-0.1, -0.05) is 52.4 Å². The molecule has 4 heteroatoms. The fourth-order valence-corrected chi connectivity index (χ4v) is 6.61. The van der Waals surface area contributed by atoms with Crippen molar-refractivity contribution < 1.29 is 9.53 Å². The molecule has 2 aromatic rings. The highest BCUT2D eigenvalue weighted by atomic mass is 79.9. The number of fused-ring (bicyclic) bond motifs is 4. The van der Waals surface area contributed by atoms with Crippen LogP contribution in [0.4, 0.5) is 5.69 Å². The van der Waals surface area contributed by atoms with Crippen LogP contribution in [-0.2, 0) is 4.74 Å². The molecule has 6 rings (SSSR count). The highest BCUT2D eigenvalue weighted by Crippen LogP contribution is 2.59. The van der Waals surface area contributed by atoms with Crippen molar-refractivity contribution >= 4 is 27.6 Å². The molecule has 0 unspecified atom stereocenters. The zero-order chi connectivity index (χ0) is 21.1. The van der Waals surface area contributed by atoms with Crippen LogP contribution in [0.2, 0.25) is 0 Å². The number of hydrogen-bond donors (Lipinski definition) is 0. The third-order valence-corrected chi connectivity index (χ3v) is 8.10. The van der Waals surface area contributed by atoms with Gasteiger partial charge in [0.25, 0.3) is 0 Å². The fraction of sp³-hybridized carbons (Fsp3) is 0.370. The summed E-state index contributed by atoms with van der Waals surface area (Å²) in [7, 11) is 0. The van der Waals surface area contributed by atoms with Crippen LogP contribution in [0.15, 0.2) is 65.2 Å². The van der Waals surface area contributed by atoms with Gasteiger partial charge in [-0.25, -0.2) is 4.79 Å². The monoisotopic (exact) mass is 475 g/mol. The predicted octanol–water partition coefficient (Wildman–Crippen LogP) is 6.52. The summed E-state index contributed by atoms with van der Waals surface area (Å²) in [6, 6.07) is 13.5. The fourth-order valence-electron chi connectivity index (χ4n) is 6.35. The quantitative estimate of drug-likeness (QED) is 0.373. The van der Waals surface area contributed by atoms with Gasteiger partial charge in [0, 0.05) is 28.5 Å². The van der Waals surface area contributed by atoms with Crippen molar-refractivity contribution in [2.75, 3.05) is 18.1 Å². The first-order valence-corrected chi connectivity index (χ1v) is 12.2. The van der Waals surface area contributed by atoms with E-state index in [9.17, 15) is 4.79 Å². The topological polar surface area (TPSA) is 29.5 Å². The summed E-state index contributed by atoms with van der Waals surface area (Å²) in [4.78, 5) is 15.4. The smallest absolute Gasteiger partial charge is 0.338 e. The summed E-state index contributed by atoms with van der Waals surface area (Å²) in [5.41, 5.74) is 6.08. The maximum atomic E-state index is 12.7. The Labute approximate surface area is 191 Å². The SMILES string of the molecule is CCOC(=O)c1cc2c3c(c1)[C@@H]1C=CC[C@@H]1CN3[C@@H](c1ccc(Br)cc1)[C@@H]1CC=C[C@H]21. The molecule has 0 saturated carbocycles. The molecule has 3 nitrogen and oxygen atoms in total. The van der Waals surface area contributed by atoms with Crippen LogP contribution in [0.3, 0.4) is 0 Å². The molecule has 2 aliphatic heterocycles. The molecule has 0 radical (unpaired) electrons. The van der Waals surface area contributed by atoms with E-state index in [1.165, 1.54) is 22.4 Å². The van der Waals surface area contributed by atoms with Crippen molar-refractivity contribution in [3.05, 3.63) is 87.4 Å². The summed E-state index contributed by atoms with van der Waals surface area (Å²) >= 11 is 3.60. The minimum atomic E-state index is -0.203. The van der Waals surface area contributed by atoms with E-state index in [1.54, 1.807) is 0 Å². The number of nitrogens with zero attached hydrogens (tertiary/aromatic N) is 1. The highest BCUT2D eigenvalue weighted by molar-refractivity contribution is 9.10. The molecule has 2 aromatic carbocycles. The Hall–Kier alpha value is -2.33. The Morgan fingerprint density at radius 3 is 2.55 bits per heavy atom. The van der Waals surface area contributed by atoms with E-state index in [2.05, 4.69) is 81.5 Å². The number of allylic oxidation sites excluding steroid dienone is 4. The van der Waals surface area contributed by atoms with Gasteiger partial charge in [0.1, 0.15) is 0 Å². The van der Waals surface area contributed by atoms with Gasteiger partial charge < -0.3 is 9.64 Å². The molecule has 0 fully saturated rings. The molecular formula is C27H26BrNO2. The molecule has 4 aliphatic rings. The Morgan fingerprint density at radius 2 is 1.77 bits per heavy atom. The van der Waals surface area contributed by atoms with E-state index < -0.39 is 0 Å². The van der Waals surface area contributed by atoms with E-state index in [0.29, 0.717) is 41.9 Å². The number of anilines is 1. The number of halogens is 1. The lowest BCUT2D eigenvalue weighted by Crippen LogP contribution is -2.46. The van der Waals surface area contributed by atoms with E-state index in [4.69, 9.17) is 4.74 Å². The Bertz CT molecular complexity index is 1090. The van der Waals surface area contributed by atoms with Gasteiger partial charge in [-0.3, -0.25) is 0 Å². The largest absolute Gasteiger partial charge is 0.462 e. The van der Waals surface area contributed by atoms with Gasteiger partial charge in [-0.15, -0.1) is 0 Å². The number of hydrogen-bond acceptors (Lipinski definition) is 3. The number of ether oxygens (including phenoxy) is 1. The second kappa shape index (κ2) is 7.37. The number of benzene rings is 2. The van der Waals surface area contributed by atoms with Crippen LogP contribution in [-0.4, -0.2) is 19.1 Å². The lowest BCUT2D eigenvalue weighted by Gasteiger charge is -2.51. The predicted molar refractivity (Wildman–Crippen MR) is 127 cm³/mol. The Kier molecular flexibility index (Phi) is 4.60. The molecule has 158 valence electrons. The zero-order valence-electron chi connectivity index (χ0n) is 17.6. The van der Waals surface area contributed by atoms with Gasteiger partial charge in [0.05, 0.1) is 18.2 Å². The average molecular weight is 476 g/mol. The number of carbonyl (C=O) groups is 1. The molecule has 2 heterocycles. The van der Waals surface area contributed by atoms with Crippen molar-refractivity contribution in [1.82, 2.24) is 0 Å². The number of rotatable bonds is 3. The molecular weight excluding hydrogens is 450 g/mol. The van der Waals surface area contributed by atoms with Crippen molar-refractivity contribution in [2.24, 2.45) is 11.8 Å². The first-order valence-electron chi connectivity index (χ1n) is 11.4. The van der Waals surface area contributed by atoms with E-state index in [-0.39, 0.29) is 5.97 Å². The van der Waals surface area contributed by atoms with Gasteiger partial charge in [-0.05, 0) is 72.6 Å². The maximum absolute atomic E-state index is 12.7.